The summed E-state index contributed by atoms with van der Waals surface area (Å²) in [5.74, 6) is 0.364. The van der Waals surface area contributed by atoms with Crippen molar-refractivity contribution in [2.75, 3.05) is 31.6 Å². The Balaban J connectivity index is 1.15. The normalized spacial score (nSPS) is 15.1. The van der Waals surface area contributed by atoms with Gasteiger partial charge in [0.2, 0.25) is 0 Å². The first-order valence-corrected chi connectivity index (χ1v) is 11.7. The topological polar surface area (TPSA) is 74.4 Å². The number of Topliss-reactive ketones (excluding diaryl/α,β-unsaturated/α-hetero) is 1. The number of fused-ring (bicyclic) bond motifs is 1. The van der Waals surface area contributed by atoms with Gasteiger partial charge in [0.1, 0.15) is 0 Å². The minimum Gasteiger partial charge on any atom is -0.449 e. The van der Waals surface area contributed by atoms with Crippen molar-refractivity contribution in [2.45, 2.75) is 19.3 Å². The van der Waals surface area contributed by atoms with Crippen LogP contribution in [0.5, 0.6) is 0 Å². The Labute approximate surface area is 195 Å². The standard InChI is InChI=1S/C24H26IN3O3/c25-19-7-5-17(6-8-19)23(29)18-10-14-28(15-11-18)13-2-16-31-24(30)27-22-4-1-3-21-20(22)9-12-26-21/h1,3-9,12,18,26H,2,10-11,13-16H2,(H,27,30). The van der Waals surface area contributed by atoms with Crippen molar-refractivity contribution in [1.29, 1.82) is 0 Å². The summed E-state index contributed by atoms with van der Waals surface area (Å²) >= 11 is 2.25. The lowest BCUT2D eigenvalue weighted by atomic mass is 9.89. The van der Waals surface area contributed by atoms with Gasteiger partial charge in [-0.2, -0.15) is 0 Å². The van der Waals surface area contributed by atoms with Crippen LogP contribution in [0, 0.1) is 9.49 Å². The summed E-state index contributed by atoms with van der Waals surface area (Å²) in [5, 5.41) is 3.77. The first kappa shape index (κ1) is 21.8. The Kier molecular flexibility index (Phi) is 7.24. The molecule has 3 aromatic rings. The summed E-state index contributed by atoms with van der Waals surface area (Å²) in [6.45, 7) is 3.05. The highest BCUT2D eigenvalue weighted by molar-refractivity contribution is 14.1. The first-order chi connectivity index (χ1) is 15.1. The van der Waals surface area contributed by atoms with Crippen molar-refractivity contribution >= 4 is 51.1 Å². The average molecular weight is 531 g/mol. The number of carbonyl (C=O) groups excluding carboxylic acids is 2. The number of ketones is 1. The molecule has 0 unspecified atom stereocenters. The molecular weight excluding hydrogens is 505 g/mol. The van der Waals surface area contributed by atoms with Crippen LogP contribution in [0.25, 0.3) is 10.9 Å². The molecule has 0 aliphatic carbocycles. The van der Waals surface area contributed by atoms with Crippen LogP contribution in [0.4, 0.5) is 10.5 Å². The second kappa shape index (κ2) is 10.3. The summed E-state index contributed by atoms with van der Waals surface area (Å²) in [5.41, 5.74) is 2.53. The average Bonchev–Trinajstić information content (AvgIpc) is 3.27. The fourth-order valence-electron chi connectivity index (χ4n) is 4.06. The van der Waals surface area contributed by atoms with Gasteiger partial charge in [-0.1, -0.05) is 18.2 Å². The van der Waals surface area contributed by atoms with E-state index in [0.29, 0.717) is 6.61 Å². The van der Waals surface area contributed by atoms with E-state index >= 15 is 0 Å². The van der Waals surface area contributed by atoms with Crippen molar-refractivity contribution in [2.24, 2.45) is 5.92 Å². The fourth-order valence-corrected chi connectivity index (χ4v) is 4.42. The molecule has 2 heterocycles. The molecule has 162 valence electrons. The van der Waals surface area contributed by atoms with E-state index in [1.165, 1.54) is 0 Å². The van der Waals surface area contributed by atoms with Gasteiger partial charge < -0.3 is 14.6 Å². The smallest absolute Gasteiger partial charge is 0.411 e. The molecule has 1 aromatic heterocycles. The van der Waals surface area contributed by atoms with Crippen LogP contribution in [-0.2, 0) is 4.74 Å². The number of hydrogen-bond acceptors (Lipinski definition) is 4. The number of anilines is 1. The van der Waals surface area contributed by atoms with Gasteiger partial charge >= 0.3 is 6.09 Å². The highest BCUT2D eigenvalue weighted by Gasteiger charge is 2.25. The van der Waals surface area contributed by atoms with E-state index in [4.69, 9.17) is 4.74 Å². The van der Waals surface area contributed by atoms with E-state index in [-0.39, 0.29) is 11.7 Å². The zero-order valence-electron chi connectivity index (χ0n) is 17.3. The van der Waals surface area contributed by atoms with Gasteiger partial charge in [-0.05, 0) is 85.3 Å². The van der Waals surface area contributed by atoms with E-state index < -0.39 is 6.09 Å². The van der Waals surface area contributed by atoms with Crippen molar-refractivity contribution in [3.63, 3.8) is 0 Å². The quantitative estimate of drug-likeness (QED) is 0.246. The summed E-state index contributed by atoms with van der Waals surface area (Å²) in [7, 11) is 0. The van der Waals surface area contributed by atoms with Crippen molar-refractivity contribution in [3.05, 3.63) is 63.9 Å². The molecule has 0 spiro atoms. The van der Waals surface area contributed by atoms with Gasteiger partial charge in [0.25, 0.3) is 0 Å². The molecule has 0 saturated carbocycles. The molecule has 6 nitrogen and oxygen atoms in total. The van der Waals surface area contributed by atoms with E-state index in [1.54, 1.807) is 0 Å². The number of aromatic nitrogens is 1. The molecule has 7 heteroatoms. The number of likely N-dealkylation sites (tertiary alicyclic amines) is 1. The molecule has 0 radical (unpaired) electrons. The van der Waals surface area contributed by atoms with Crippen molar-refractivity contribution in [3.8, 4) is 0 Å². The second-order valence-corrected chi connectivity index (χ2v) is 9.09. The van der Waals surface area contributed by atoms with Gasteiger partial charge in [0.05, 0.1) is 12.3 Å². The predicted octanol–water partition coefficient (Wildman–Crippen LogP) is 5.31. The Morgan fingerprint density at radius 2 is 1.87 bits per heavy atom. The Hall–Kier alpha value is -2.39. The number of halogens is 1. The summed E-state index contributed by atoms with van der Waals surface area (Å²) in [6, 6.07) is 15.5. The maximum atomic E-state index is 12.7. The summed E-state index contributed by atoms with van der Waals surface area (Å²) in [6.07, 6.45) is 3.95. The third kappa shape index (κ3) is 5.65. The Bertz CT molecular complexity index is 1040. The monoisotopic (exact) mass is 531 g/mol. The number of nitrogens with zero attached hydrogens (tertiary/aromatic N) is 1. The SMILES string of the molecule is O=C(Nc1cccc2[nH]ccc12)OCCCN1CCC(C(=O)c2ccc(I)cc2)CC1. The van der Waals surface area contributed by atoms with Crippen LogP contribution >= 0.6 is 22.6 Å². The lowest BCUT2D eigenvalue weighted by molar-refractivity contribution is 0.0830. The molecule has 1 amide bonds. The van der Waals surface area contributed by atoms with Gasteiger partial charge in [0, 0.05) is 38.7 Å². The maximum Gasteiger partial charge on any atom is 0.411 e. The van der Waals surface area contributed by atoms with E-state index in [1.807, 2.05) is 54.7 Å². The second-order valence-electron chi connectivity index (χ2n) is 7.85. The molecule has 1 fully saturated rings. The van der Waals surface area contributed by atoms with Crippen LogP contribution in [-0.4, -0.2) is 48.0 Å². The predicted molar refractivity (Wildman–Crippen MR) is 131 cm³/mol. The van der Waals surface area contributed by atoms with E-state index in [0.717, 1.165) is 64.6 Å². The van der Waals surface area contributed by atoms with Gasteiger partial charge in [-0.15, -0.1) is 0 Å². The van der Waals surface area contributed by atoms with Crippen LogP contribution in [0.1, 0.15) is 29.6 Å². The molecule has 1 saturated heterocycles. The third-order valence-electron chi connectivity index (χ3n) is 5.77. The van der Waals surface area contributed by atoms with Crippen molar-refractivity contribution in [1.82, 2.24) is 9.88 Å². The third-order valence-corrected chi connectivity index (χ3v) is 6.49. The summed E-state index contributed by atoms with van der Waals surface area (Å²) in [4.78, 5) is 30.3. The minimum absolute atomic E-state index is 0.106. The van der Waals surface area contributed by atoms with Crippen molar-refractivity contribution < 1.29 is 14.3 Å². The molecule has 4 rings (SSSR count). The number of benzene rings is 2. The first-order valence-electron chi connectivity index (χ1n) is 10.6. The van der Waals surface area contributed by atoms with E-state index in [2.05, 4.69) is 37.8 Å². The van der Waals surface area contributed by atoms with Crippen LogP contribution in [0.3, 0.4) is 0 Å². The number of piperidine rings is 1. The number of amides is 1. The molecular formula is C24H26IN3O3. The number of hydrogen-bond donors (Lipinski definition) is 2. The van der Waals surface area contributed by atoms with Crippen LogP contribution < -0.4 is 5.32 Å². The van der Waals surface area contributed by atoms with E-state index in [9.17, 15) is 9.59 Å². The number of nitrogens with one attached hydrogen (secondary N) is 2. The fraction of sp³-hybridized carbons (Fsp3) is 0.333. The number of H-pyrrole nitrogens is 1. The Morgan fingerprint density at radius 1 is 1.10 bits per heavy atom. The molecule has 2 N–H and O–H groups in total. The lowest BCUT2D eigenvalue weighted by Crippen LogP contribution is -2.37. The molecule has 2 aromatic carbocycles. The number of carbonyl (C=O) groups is 2. The van der Waals surface area contributed by atoms with Gasteiger partial charge in [-0.25, -0.2) is 4.79 Å². The highest BCUT2D eigenvalue weighted by Crippen LogP contribution is 2.23. The zero-order chi connectivity index (χ0) is 21.6. The number of rotatable bonds is 7. The zero-order valence-corrected chi connectivity index (χ0v) is 19.4. The van der Waals surface area contributed by atoms with Crippen LogP contribution in [0.15, 0.2) is 54.7 Å². The maximum absolute atomic E-state index is 12.7. The molecule has 0 atom stereocenters. The van der Waals surface area contributed by atoms with Gasteiger partial charge in [0.15, 0.2) is 5.78 Å². The molecule has 1 aliphatic rings. The number of aromatic amines is 1. The molecule has 31 heavy (non-hydrogen) atoms. The highest BCUT2D eigenvalue weighted by atomic mass is 127. The van der Waals surface area contributed by atoms with Crippen LogP contribution in [0.2, 0.25) is 0 Å². The number of ether oxygens (including phenoxy) is 1. The lowest BCUT2D eigenvalue weighted by Gasteiger charge is -2.31. The molecule has 1 aliphatic heterocycles. The molecule has 0 bridgehead atoms. The minimum atomic E-state index is -0.435. The van der Waals surface area contributed by atoms with Gasteiger partial charge in [-0.3, -0.25) is 10.1 Å². The largest absolute Gasteiger partial charge is 0.449 e. The summed E-state index contributed by atoms with van der Waals surface area (Å²) < 4.78 is 6.49. The Morgan fingerprint density at radius 3 is 2.65 bits per heavy atom.